The molecule has 0 amide bonds. The summed E-state index contributed by atoms with van der Waals surface area (Å²) in [6.07, 6.45) is 3.78. The topological polar surface area (TPSA) is 41.8 Å². The van der Waals surface area contributed by atoms with E-state index in [9.17, 15) is 8.78 Å². The summed E-state index contributed by atoms with van der Waals surface area (Å²) in [5, 5.41) is 1.53. The molecule has 0 aliphatic heterocycles. The molecule has 2 aromatic carbocycles. The van der Waals surface area contributed by atoms with E-state index in [0.29, 0.717) is 10.7 Å². The van der Waals surface area contributed by atoms with Crippen molar-refractivity contribution in [1.29, 1.82) is 0 Å². The molecule has 0 aliphatic rings. The number of H-pyrrole nitrogens is 1. The standard InChI is InChI=1S/C9H7ClFNS.C6H5ClFN/c1-13-8-4-12-9-6(8)2-5(11)3-7(9)10;7-5-3-4(8)1-2-6(5)9/h2-4,12H,1H3;1-3H,9H2. The summed E-state index contributed by atoms with van der Waals surface area (Å²) in [7, 11) is 0. The lowest BCUT2D eigenvalue weighted by atomic mass is 10.2. The number of nitrogens with two attached hydrogens (primary N) is 1. The average molecular weight is 361 g/mol. The van der Waals surface area contributed by atoms with E-state index in [2.05, 4.69) is 4.98 Å². The molecular weight excluding hydrogens is 349 g/mol. The monoisotopic (exact) mass is 360 g/mol. The number of fused-ring (bicyclic) bond motifs is 1. The zero-order valence-electron chi connectivity index (χ0n) is 11.5. The van der Waals surface area contributed by atoms with Gasteiger partial charge in [-0.3, -0.25) is 0 Å². The predicted molar refractivity (Wildman–Crippen MR) is 90.9 cm³/mol. The van der Waals surface area contributed by atoms with Crippen molar-refractivity contribution in [3.8, 4) is 0 Å². The fraction of sp³-hybridized carbons (Fsp3) is 0.0667. The van der Waals surface area contributed by atoms with Crippen molar-refractivity contribution in [2.24, 2.45) is 0 Å². The van der Waals surface area contributed by atoms with Crippen LogP contribution in [0.2, 0.25) is 10.0 Å². The van der Waals surface area contributed by atoms with Crippen LogP contribution in [0.5, 0.6) is 0 Å². The Morgan fingerprint density at radius 3 is 2.32 bits per heavy atom. The number of anilines is 1. The Labute approximate surface area is 140 Å². The Kier molecular flexibility index (Phi) is 5.56. The van der Waals surface area contributed by atoms with E-state index in [0.717, 1.165) is 15.8 Å². The number of hydrogen-bond donors (Lipinski definition) is 2. The van der Waals surface area contributed by atoms with Gasteiger partial charge in [0.25, 0.3) is 0 Å². The van der Waals surface area contributed by atoms with E-state index in [1.807, 2.05) is 12.5 Å². The second-order valence-electron chi connectivity index (χ2n) is 4.33. The molecule has 22 heavy (non-hydrogen) atoms. The predicted octanol–water partition coefficient (Wildman–Crippen LogP) is 5.74. The van der Waals surface area contributed by atoms with Gasteiger partial charge in [-0.1, -0.05) is 23.2 Å². The molecule has 0 saturated carbocycles. The Morgan fingerprint density at radius 1 is 1.05 bits per heavy atom. The molecule has 0 bridgehead atoms. The number of nitrogen functional groups attached to an aromatic ring is 1. The SMILES string of the molecule is CSc1c[nH]c2c(Cl)cc(F)cc12.Nc1ccc(F)cc1Cl. The minimum absolute atomic E-state index is 0.259. The van der Waals surface area contributed by atoms with Crippen LogP contribution in [0.4, 0.5) is 14.5 Å². The second kappa shape index (κ2) is 7.22. The van der Waals surface area contributed by atoms with Crippen molar-refractivity contribution in [2.45, 2.75) is 4.90 Å². The van der Waals surface area contributed by atoms with Crippen LogP contribution >= 0.6 is 35.0 Å². The molecule has 3 N–H and O–H groups in total. The van der Waals surface area contributed by atoms with Crippen molar-refractivity contribution in [3.63, 3.8) is 0 Å². The van der Waals surface area contributed by atoms with E-state index in [1.165, 1.54) is 30.3 Å². The first kappa shape index (κ1) is 16.9. The van der Waals surface area contributed by atoms with Gasteiger partial charge in [-0.25, -0.2) is 8.78 Å². The summed E-state index contributed by atoms with van der Waals surface area (Å²) in [6.45, 7) is 0. The third-order valence-corrected chi connectivity index (χ3v) is 4.25. The molecule has 1 heterocycles. The van der Waals surface area contributed by atoms with Gasteiger partial charge >= 0.3 is 0 Å². The summed E-state index contributed by atoms with van der Waals surface area (Å²) in [4.78, 5) is 4.03. The van der Waals surface area contributed by atoms with Gasteiger partial charge in [0.15, 0.2) is 0 Å². The van der Waals surface area contributed by atoms with E-state index < -0.39 is 0 Å². The van der Waals surface area contributed by atoms with Crippen LogP contribution < -0.4 is 5.73 Å². The fourth-order valence-corrected chi connectivity index (χ4v) is 2.79. The van der Waals surface area contributed by atoms with Gasteiger partial charge in [0.1, 0.15) is 11.6 Å². The summed E-state index contributed by atoms with van der Waals surface area (Å²) in [6, 6.07) is 6.67. The molecule has 0 aliphatic carbocycles. The van der Waals surface area contributed by atoms with Crippen molar-refractivity contribution in [3.05, 3.63) is 58.2 Å². The van der Waals surface area contributed by atoms with E-state index >= 15 is 0 Å². The number of nitrogens with one attached hydrogen (secondary N) is 1. The molecule has 3 rings (SSSR count). The maximum atomic E-state index is 13.0. The number of rotatable bonds is 1. The van der Waals surface area contributed by atoms with Crippen LogP contribution in [0.25, 0.3) is 10.9 Å². The van der Waals surface area contributed by atoms with Crippen molar-refractivity contribution >= 4 is 51.6 Å². The molecule has 0 unspecified atom stereocenters. The lowest BCUT2D eigenvalue weighted by Gasteiger charge is -1.96. The largest absolute Gasteiger partial charge is 0.398 e. The second-order valence-corrected chi connectivity index (χ2v) is 6.00. The molecule has 0 spiro atoms. The molecule has 116 valence electrons. The quantitative estimate of drug-likeness (QED) is 0.428. The summed E-state index contributed by atoms with van der Waals surface area (Å²) >= 11 is 12.9. The lowest BCUT2D eigenvalue weighted by molar-refractivity contribution is 0.628. The highest BCUT2D eigenvalue weighted by Crippen LogP contribution is 2.31. The molecule has 0 radical (unpaired) electrons. The van der Waals surface area contributed by atoms with Gasteiger partial charge in [0.05, 0.1) is 21.2 Å². The lowest BCUT2D eigenvalue weighted by Crippen LogP contribution is -1.85. The molecule has 2 nitrogen and oxygen atoms in total. The first-order valence-electron chi connectivity index (χ1n) is 6.13. The first-order chi connectivity index (χ1) is 10.4. The van der Waals surface area contributed by atoms with Gasteiger partial charge in [-0.2, -0.15) is 0 Å². The molecule has 0 atom stereocenters. The summed E-state index contributed by atoms with van der Waals surface area (Å²) < 4.78 is 25.2. The average Bonchev–Trinajstić information content (AvgIpc) is 2.87. The number of thioether (sulfide) groups is 1. The molecule has 0 saturated heterocycles. The van der Waals surface area contributed by atoms with Crippen LogP contribution in [0.1, 0.15) is 0 Å². The van der Waals surface area contributed by atoms with Crippen molar-refractivity contribution < 1.29 is 8.78 Å². The molecule has 1 aromatic heterocycles. The fourth-order valence-electron chi connectivity index (χ4n) is 1.80. The van der Waals surface area contributed by atoms with Gasteiger partial charge < -0.3 is 10.7 Å². The van der Waals surface area contributed by atoms with E-state index in [4.69, 9.17) is 28.9 Å². The number of halogens is 4. The molecule has 3 aromatic rings. The van der Waals surface area contributed by atoms with Crippen molar-refractivity contribution in [1.82, 2.24) is 4.98 Å². The highest BCUT2D eigenvalue weighted by molar-refractivity contribution is 7.98. The van der Waals surface area contributed by atoms with Crippen LogP contribution in [-0.4, -0.2) is 11.2 Å². The number of aromatic amines is 1. The zero-order valence-corrected chi connectivity index (χ0v) is 13.8. The zero-order chi connectivity index (χ0) is 16.3. The maximum absolute atomic E-state index is 13.0. The van der Waals surface area contributed by atoms with Crippen LogP contribution in [-0.2, 0) is 0 Å². The molecule has 7 heteroatoms. The Hall–Kier alpha value is -1.43. The first-order valence-corrected chi connectivity index (χ1v) is 8.11. The Bertz CT molecular complexity index is 806. The highest BCUT2D eigenvalue weighted by Gasteiger charge is 2.07. The number of hydrogen-bond acceptors (Lipinski definition) is 2. The number of benzene rings is 2. The Morgan fingerprint density at radius 2 is 1.73 bits per heavy atom. The summed E-state index contributed by atoms with van der Waals surface area (Å²) in [5.41, 5.74) is 6.49. The van der Waals surface area contributed by atoms with Crippen LogP contribution in [0, 0.1) is 11.6 Å². The van der Waals surface area contributed by atoms with Crippen LogP contribution in [0.15, 0.2) is 41.4 Å². The third kappa shape index (κ3) is 3.85. The van der Waals surface area contributed by atoms with Crippen molar-refractivity contribution in [2.75, 3.05) is 12.0 Å². The Balaban J connectivity index is 0.000000172. The third-order valence-electron chi connectivity index (χ3n) is 2.85. The van der Waals surface area contributed by atoms with Crippen LogP contribution in [0.3, 0.4) is 0 Å². The van der Waals surface area contributed by atoms with E-state index in [1.54, 1.807) is 11.8 Å². The summed E-state index contributed by atoms with van der Waals surface area (Å²) in [5.74, 6) is -0.665. The van der Waals surface area contributed by atoms with E-state index in [-0.39, 0.29) is 16.7 Å². The number of aromatic nitrogens is 1. The van der Waals surface area contributed by atoms with Gasteiger partial charge in [0.2, 0.25) is 0 Å². The maximum Gasteiger partial charge on any atom is 0.125 e. The molecule has 0 fully saturated rings. The normalized spacial score (nSPS) is 10.4. The van der Waals surface area contributed by atoms with Gasteiger partial charge in [0, 0.05) is 16.5 Å². The minimum Gasteiger partial charge on any atom is -0.398 e. The minimum atomic E-state index is -0.366. The van der Waals surface area contributed by atoms with Gasteiger partial charge in [-0.05, 0) is 36.6 Å². The van der Waals surface area contributed by atoms with Gasteiger partial charge in [-0.15, -0.1) is 11.8 Å². The molecular formula is C15H12Cl2F2N2S. The smallest absolute Gasteiger partial charge is 0.125 e. The highest BCUT2D eigenvalue weighted by atomic mass is 35.5.